The van der Waals surface area contributed by atoms with E-state index in [4.69, 9.17) is 17.3 Å². The molecule has 0 aliphatic rings. The van der Waals surface area contributed by atoms with Crippen molar-refractivity contribution in [3.8, 4) is 0 Å². The number of hydrogen-bond donors (Lipinski definition) is 2. The van der Waals surface area contributed by atoms with Gasteiger partial charge in [-0.05, 0) is 24.6 Å². The van der Waals surface area contributed by atoms with E-state index >= 15 is 0 Å². The monoisotopic (exact) mass is 349 g/mol. The first-order chi connectivity index (χ1) is 9.83. The summed E-state index contributed by atoms with van der Waals surface area (Å²) in [5, 5.41) is 0.469. The molecule has 9 heteroatoms. The van der Waals surface area contributed by atoms with E-state index in [9.17, 15) is 12.8 Å². The van der Waals surface area contributed by atoms with E-state index in [-0.39, 0.29) is 28.6 Å². The molecular weight excluding hydrogens is 337 g/mol. The van der Waals surface area contributed by atoms with Gasteiger partial charge in [-0.15, -0.1) is 11.3 Å². The number of rotatable bonds is 5. The second kappa shape index (κ2) is 6.37. The van der Waals surface area contributed by atoms with Gasteiger partial charge in [0.2, 0.25) is 10.0 Å². The summed E-state index contributed by atoms with van der Waals surface area (Å²) in [6.07, 6.45) is 1.66. The molecule has 5 nitrogen and oxygen atoms in total. The highest BCUT2D eigenvalue weighted by Crippen LogP contribution is 2.24. The predicted octanol–water partition coefficient (Wildman–Crippen LogP) is 2.18. The minimum Gasteiger partial charge on any atom is -0.326 e. The zero-order valence-corrected chi connectivity index (χ0v) is 13.4. The van der Waals surface area contributed by atoms with Crippen molar-refractivity contribution >= 4 is 33.0 Å². The Morgan fingerprint density at radius 2 is 2.19 bits per heavy atom. The van der Waals surface area contributed by atoms with Crippen molar-refractivity contribution in [2.45, 2.75) is 24.9 Å². The van der Waals surface area contributed by atoms with Gasteiger partial charge < -0.3 is 5.73 Å². The Bertz CT molecular complexity index is 762. The number of sulfonamides is 1. The van der Waals surface area contributed by atoms with Crippen LogP contribution < -0.4 is 10.5 Å². The first-order valence-electron chi connectivity index (χ1n) is 5.92. The number of nitrogens with two attached hydrogens (primary N) is 1. The summed E-state index contributed by atoms with van der Waals surface area (Å²) < 4.78 is 40.3. The van der Waals surface area contributed by atoms with Crippen LogP contribution >= 0.6 is 22.9 Å². The minimum atomic E-state index is -3.86. The Hall–Kier alpha value is -1.06. The Morgan fingerprint density at radius 1 is 1.48 bits per heavy atom. The third-order valence-corrected chi connectivity index (χ3v) is 5.41. The van der Waals surface area contributed by atoms with Crippen molar-refractivity contribution in [1.82, 2.24) is 9.71 Å². The largest absolute Gasteiger partial charge is 0.326 e. The third-order valence-electron chi connectivity index (χ3n) is 2.69. The summed E-state index contributed by atoms with van der Waals surface area (Å²) in [6.45, 7) is 1.87. The maximum absolute atomic E-state index is 13.6. The summed E-state index contributed by atoms with van der Waals surface area (Å²) in [5.74, 6) is -0.815. The first-order valence-corrected chi connectivity index (χ1v) is 8.60. The van der Waals surface area contributed by atoms with Crippen molar-refractivity contribution < 1.29 is 12.8 Å². The smallest absolute Gasteiger partial charge is 0.241 e. The SMILES string of the molecule is Cc1cnc(CNS(=O)(=O)c2cc(F)c(Cl)c(CN)c2)s1. The van der Waals surface area contributed by atoms with Gasteiger partial charge in [0.25, 0.3) is 0 Å². The lowest BCUT2D eigenvalue weighted by Gasteiger charge is -2.09. The summed E-state index contributed by atoms with van der Waals surface area (Å²) in [7, 11) is -3.86. The molecule has 114 valence electrons. The van der Waals surface area contributed by atoms with Crippen LogP contribution in [-0.2, 0) is 23.1 Å². The lowest BCUT2D eigenvalue weighted by atomic mass is 10.2. The van der Waals surface area contributed by atoms with Crippen LogP contribution in [0.15, 0.2) is 23.2 Å². The third kappa shape index (κ3) is 3.78. The predicted molar refractivity (Wildman–Crippen MR) is 80.2 cm³/mol. The number of benzene rings is 1. The zero-order valence-electron chi connectivity index (χ0n) is 11.1. The highest BCUT2D eigenvalue weighted by molar-refractivity contribution is 7.89. The second-order valence-corrected chi connectivity index (χ2v) is 7.74. The van der Waals surface area contributed by atoms with Crippen molar-refractivity contribution in [2.75, 3.05) is 0 Å². The van der Waals surface area contributed by atoms with E-state index in [1.165, 1.54) is 17.4 Å². The molecule has 0 spiro atoms. The molecule has 0 bridgehead atoms. The Balaban J connectivity index is 2.25. The number of aromatic nitrogens is 1. The number of thiazole rings is 1. The quantitative estimate of drug-likeness (QED) is 0.866. The fourth-order valence-corrected chi connectivity index (χ4v) is 3.70. The minimum absolute atomic E-state index is 0.0447. The average Bonchev–Trinajstić information content (AvgIpc) is 2.85. The van der Waals surface area contributed by atoms with Crippen LogP contribution in [0.4, 0.5) is 4.39 Å². The van der Waals surface area contributed by atoms with E-state index in [1.54, 1.807) is 6.20 Å². The van der Waals surface area contributed by atoms with Crippen molar-refractivity contribution in [2.24, 2.45) is 5.73 Å². The van der Waals surface area contributed by atoms with E-state index in [0.717, 1.165) is 10.9 Å². The van der Waals surface area contributed by atoms with Gasteiger partial charge in [-0.25, -0.2) is 22.5 Å². The lowest BCUT2D eigenvalue weighted by molar-refractivity contribution is 0.576. The van der Waals surface area contributed by atoms with E-state index < -0.39 is 15.8 Å². The number of hydrogen-bond acceptors (Lipinski definition) is 5. The van der Waals surface area contributed by atoms with Crippen LogP contribution in [0.1, 0.15) is 15.4 Å². The molecule has 0 atom stereocenters. The molecule has 1 heterocycles. The van der Waals surface area contributed by atoms with Crippen molar-refractivity contribution in [3.63, 3.8) is 0 Å². The Labute approximate surface area is 131 Å². The molecule has 0 aliphatic heterocycles. The van der Waals surface area contributed by atoms with Gasteiger partial charge in [0, 0.05) is 17.6 Å². The van der Waals surface area contributed by atoms with Crippen LogP contribution in [0.25, 0.3) is 0 Å². The van der Waals surface area contributed by atoms with Gasteiger partial charge in [0.1, 0.15) is 10.8 Å². The summed E-state index contributed by atoms with van der Waals surface area (Å²) in [4.78, 5) is 4.82. The van der Waals surface area contributed by atoms with E-state index in [1.807, 2.05) is 6.92 Å². The average molecular weight is 350 g/mol. The maximum Gasteiger partial charge on any atom is 0.241 e. The lowest BCUT2D eigenvalue weighted by Crippen LogP contribution is -2.23. The van der Waals surface area contributed by atoms with Crippen LogP contribution in [0.2, 0.25) is 5.02 Å². The van der Waals surface area contributed by atoms with Gasteiger partial charge in [-0.1, -0.05) is 11.6 Å². The van der Waals surface area contributed by atoms with Gasteiger partial charge in [-0.3, -0.25) is 0 Å². The molecule has 1 aromatic carbocycles. The maximum atomic E-state index is 13.6. The highest BCUT2D eigenvalue weighted by atomic mass is 35.5. The molecule has 0 saturated carbocycles. The van der Waals surface area contributed by atoms with Crippen LogP contribution in [0, 0.1) is 12.7 Å². The molecule has 0 saturated heterocycles. The molecule has 2 rings (SSSR count). The van der Waals surface area contributed by atoms with Crippen LogP contribution in [0.5, 0.6) is 0 Å². The molecule has 0 aliphatic carbocycles. The molecule has 2 aromatic rings. The first kappa shape index (κ1) is 16.3. The summed E-state index contributed by atoms with van der Waals surface area (Å²) >= 11 is 7.10. The van der Waals surface area contributed by atoms with Crippen molar-refractivity contribution in [1.29, 1.82) is 0 Å². The molecular formula is C12H13ClFN3O2S2. The Morgan fingerprint density at radius 3 is 2.76 bits per heavy atom. The normalized spacial score (nSPS) is 11.8. The Kier molecular flexibility index (Phi) is 4.95. The number of halogens is 2. The molecule has 3 N–H and O–H groups in total. The standard InChI is InChI=1S/C12H13ClFN3O2S2/c1-7-5-16-11(20-7)6-17-21(18,19)9-2-8(4-15)12(13)10(14)3-9/h2-3,5,17H,4,6,15H2,1H3. The number of nitrogens with zero attached hydrogens (tertiary/aromatic N) is 1. The van der Waals surface area contributed by atoms with Gasteiger partial charge >= 0.3 is 0 Å². The molecule has 1 aromatic heterocycles. The molecule has 0 fully saturated rings. The summed E-state index contributed by atoms with van der Waals surface area (Å²) in [5.41, 5.74) is 5.66. The van der Waals surface area contributed by atoms with Gasteiger partial charge in [0.05, 0.1) is 16.5 Å². The van der Waals surface area contributed by atoms with Crippen LogP contribution in [0.3, 0.4) is 0 Å². The second-order valence-electron chi connectivity index (χ2n) is 4.27. The van der Waals surface area contributed by atoms with E-state index in [0.29, 0.717) is 5.01 Å². The molecule has 0 amide bonds. The number of nitrogens with one attached hydrogen (secondary N) is 1. The zero-order chi connectivity index (χ0) is 15.6. The van der Waals surface area contributed by atoms with Crippen molar-refractivity contribution in [3.05, 3.63) is 44.6 Å². The highest BCUT2D eigenvalue weighted by Gasteiger charge is 2.19. The fraction of sp³-hybridized carbons (Fsp3) is 0.250. The van der Waals surface area contributed by atoms with E-state index in [2.05, 4.69) is 9.71 Å². The van der Waals surface area contributed by atoms with Crippen LogP contribution in [-0.4, -0.2) is 13.4 Å². The van der Waals surface area contributed by atoms with Gasteiger partial charge in [-0.2, -0.15) is 0 Å². The molecule has 0 unspecified atom stereocenters. The van der Waals surface area contributed by atoms with Gasteiger partial charge in [0.15, 0.2) is 0 Å². The fourth-order valence-electron chi connectivity index (χ4n) is 1.65. The molecule has 21 heavy (non-hydrogen) atoms. The topological polar surface area (TPSA) is 85.1 Å². The summed E-state index contributed by atoms with van der Waals surface area (Å²) in [6, 6.07) is 2.14. The molecule has 0 radical (unpaired) electrons. The number of aryl methyl sites for hydroxylation is 1.